The van der Waals surface area contributed by atoms with E-state index in [1.54, 1.807) is 29.8 Å². The zero-order chi connectivity index (χ0) is 23.8. The second kappa shape index (κ2) is 11.1. The van der Waals surface area contributed by atoms with Crippen LogP contribution in [0.3, 0.4) is 0 Å². The molecule has 0 saturated heterocycles. The van der Waals surface area contributed by atoms with Crippen molar-refractivity contribution >= 4 is 23.0 Å². The van der Waals surface area contributed by atoms with Crippen LogP contribution in [-0.4, -0.2) is 23.3 Å². The minimum absolute atomic E-state index is 0.0579. The van der Waals surface area contributed by atoms with Gasteiger partial charge in [0.15, 0.2) is 0 Å². The van der Waals surface area contributed by atoms with Crippen LogP contribution in [0.5, 0.6) is 0 Å². The highest BCUT2D eigenvalue weighted by Gasteiger charge is 2.34. The number of carbonyl (C=O) groups is 1. The fraction of sp³-hybridized carbons (Fsp3) is 0.250. The molecule has 0 atom stereocenters. The maximum atomic E-state index is 13.6. The minimum Gasteiger partial charge on any atom is -0.481 e. The normalized spacial score (nSPS) is 12.1. The average Bonchev–Trinajstić information content (AvgIpc) is 3.31. The molecule has 0 aliphatic rings. The number of hydrogen-bond acceptors (Lipinski definition) is 5. The van der Waals surface area contributed by atoms with Crippen LogP contribution in [0.15, 0.2) is 64.4 Å². The summed E-state index contributed by atoms with van der Waals surface area (Å²) in [6, 6.07) is 13.3. The monoisotopic (exact) mass is 476 g/mol. The molecule has 3 aromatic rings. The molecule has 0 fully saturated rings. The average molecular weight is 477 g/mol. The van der Waals surface area contributed by atoms with Crippen molar-refractivity contribution in [2.75, 3.05) is 6.54 Å². The van der Waals surface area contributed by atoms with Gasteiger partial charge < -0.3 is 15.3 Å². The van der Waals surface area contributed by atoms with E-state index < -0.39 is 17.7 Å². The lowest BCUT2D eigenvalue weighted by atomic mass is 9.99. The molecule has 0 spiro atoms. The number of nitrogens with one attached hydrogen (secondary N) is 1. The fourth-order valence-electron chi connectivity index (χ4n) is 3.13. The summed E-state index contributed by atoms with van der Waals surface area (Å²) in [5.74, 6) is -0.849. The summed E-state index contributed by atoms with van der Waals surface area (Å²) in [5, 5.41) is 19.1. The van der Waals surface area contributed by atoms with Crippen LogP contribution in [0.25, 0.3) is 11.1 Å². The number of nitrogens with zero attached hydrogens (tertiary/aromatic N) is 1. The van der Waals surface area contributed by atoms with Gasteiger partial charge in [-0.25, -0.2) is 0 Å². The number of carboxylic acids is 1. The van der Waals surface area contributed by atoms with Gasteiger partial charge in [-0.2, -0.15) is 24.5 Å². The van der Waals surface area contributed by atoms with Crippen molar-refractivity contribution in [2.24, 2.45) is 5.16 Å². The number of alkyl halides is 3. The van der Waals surface area contributed by atoms with Crippen LogP contribution >= 0.6 is 11.3 Å². The Kier molecular flexibility index (Phi) is 8.24. The summed E-state index contributed by atoms with van der Waals surface area (Å²) >= 11 is 1.34. The van der Waals surface area contributed by atoms with Crippen molar-refractivity contribution in [2.45, 2.75) is 32.7 Å². The van der Waals surface area contributed by atoms with E-state index in [-0.39, 0.29) is 18.6 Å². The SMILES string of the molecule is CC(=NOCc1ccc(-c2ccsc2)c(C(F)(F)F)c1)c1ccc(CNCCC(=O)O)cc1. The number of rotatable bonds is 10. The van der Waals surface area contributed by atoms with Crippen LogP contribution in [0.4, 0.5) is 13.2 Å². The third-order valence-corrected chi connectivity index (χ3v) is 5.55. The maximum absolute atomic E-state index is 13.6. The Bertz CT molecular complexity index is 1100. The van der Waals surface area contributed by atoms with Crippen LogP contribution < -0.4 is 5.32 Å². The van der Waals surface area contributed by atoms with Crippen LogP contribution in [0.1, 0.15) is 35.6 Å². The minimum atomic E-state index is -4.48. The third-order valence-electron chi connectivity index (χ3n) is 4.87. The fourth-order valence-corrected chi connectivity index (χ4v) is 3.79. The molecule has 5 nitrogen and oxygen atoms in total. The van der Waals surface area contributed by atoms with E-state index in [0.29, 0.717) is 29.9 Å². The summed E-state index contributed by atoms with van der Waals surface area (Å²) < 4.78 is 40.7. The highest BCUT2D eigenvalue weighted by molar-refractivity contribution is 7.08. The van der Waals surface area contributed by atoms with Crippen molar-refractivity contribution in [1.82, 2.24) is 5.32 Å². The second-order valence-corrected chi connectivity index (χ2v) is 8.14. The first-order chi connectivity index (χ1) is 15.7. The number of hydrogen-bond donors (Lipinski definition) is 2. The maximum Gasteiger partial charge on any atom is 0.417 e. The molecule has 0 aliphatic heterocycles. The van der Waals surface area contributed by atoms with E-state index in [1.807, 2.05) is 24.3 Å². The van der Waals surface area contributed by atoms with E-state index in [1.165, 1.54) is 17.4 Å². The number of oxime groups is 1. The Labute approximate surface area is 193 Å². The van der Waals surface area contributed by atoms with Gasteiger partial charge in [-0.05, 0) is 57.6 Å². The molecule has 2 N–H and O–H groups in total. The molecule has 1 heterocycles. The molecule has 2 aromatic carbocycles. The Morgan fingerprint density at radius 1 is 1.12 bits per heavy atom. The van der Waals surface area contributed by atoms with Crippen molar-refractivity contribution < 1.29 is 27.9 Å². The summed E-state index contributed by atoms with van der Waals surface area (Å²) in [4.78, 5) is 15.8. The van der Waals surface area contributed by atoms with Crippen LogP contribution in [-0.2, 0) is 29.0 Å². The Balaban J connectivity index is 1.60. The molecule has 1 aromatic heterocycles. The first kappa shape index (κ1) is 24.5. The summed E-state index contributed by atoms with van der Waals surface area (Å²) in [6.07, 6.45) is -4.42. The van der Waals surface area contributed by atoms with Crippen LogP contribution in [0, 0.1) is 0 Å². The number of thiophene rings is 1. The largest absolute Gasteiger partial charge is 0.481 e. The van der Waals surface area contributed by atoms with Crippen molar-refractivity contribution in [3.05, 3.63) is 81.5 Å². The van der Waals surface area contributed by atoms with Gasteiger partial charge in [0.1, 0.15) is 6.61 Å². The summed E-state index contributed by atoms with van der Waals surface area (Å²) in [7, 11) is 0. The molecule has 174 valence electrons. The second-order valence-electron chi connectivity index (χ2n) is 7.36. The Morgan fingerprint density at radius 2 is 1.85 bits per heavy atom. The van der Waals surface area contributed by atoms with Gasteiger partial charge in [-0.3, -0.25) is 4.79 Å². The van der Waals surface area contributed by atoms with Crippen molar-refractivity contribution in [1.29, 1.82) is 0 Å². The molecule has 33 heavy (non-hydrogen) atoms. The molecule has 0 aliphatic carbocycles. The van der Waals surface area contributed by atoms with Gasteiger partial charge in [0, 0.05) is 13.1 Å². The first-order valence-electron chi connectivity index (χ1n) is 10.1. The Hall–Kier alpha value is -3.17. The highest BCUT2D eigenvalue weighted by atomic mass is 32.1. The quantitative estimate of drug-likeness (QED) is 0.216. The number of benzene rings is 2. The van der Waals surface area contributed by atoms with Gasteiger partial charge in [-0.15, -0.1) is 0 Å². The van der Waals surface area contributed by atoms with Gasteiger partial charge in [0.25, 0.3) is 0 Å². The van der Waals surface area contributed by atoms with Crippen molar-refractivity contribution in [3.8, 4) is 11.1 Å². The molecule has 0 unspecified atom stereocenters. The van der Waals surface area contributed by atoms with Crippen LogP contribution in [0.2, 0.25) is 0 Å². The van der Waals surface area contributed by atoms with E-state index in [4.69, 9.17) is 9.94 Å². The topological polar surface area (TPSA) is 70.9 Å². The molecule has 0 saturated carbocycles. The first-order valence-corrected chi connectivity index (χ1v) is 11.1. The van der Waals surface area contributed by atoms with Gasteiger partial charge in [0.2, 0.25) is 0 Å². The van der Waals surface area contributed by atoms with Gasteiger partial charge >= 0.3 is 12.1 Å². The Morgan fingerprint density at radius 3 is 2.48 bits per heavy atom. The van der Waals surface area contributed by atoms with Gasteiger partial charge in [-0.1, -0.05) is 41.6 Å². The predicted molar refractivity (Wildman–Crippen MR) is 122 cm³/mol. The molecule has 0 bridgehead atoms. The van der Waals surface area contributed by atoms with E-state index >= 15 is 0 Å². The number of carboxylic acid groups (broad SMARTS) is 1. The molecule has 9 heteroatoms. The molecular formula is C24H23F3N2O3S. The molecule has 0 radical (unpaired) electrons. The zero-order valence-corrected chi connectivity index (χ0v) is 18.7. The standard InChI is InChI=1S/C24H23F3N2O3S/c1-16(19-5-2-17(3-6-19)13-28-10-8-23(30)31)29-32-14-18-4-7-21(20-9-11-33-15-20)22(12-18)24(25,26)27/h2-7,9,11-12,15,28H,8,10,13-14H2,1H3,(H,30,31). The van der Waals surface area contributed by atoms with Gasteiger partial charge in [0.05, 0.1) is 17.7 Å². The lowest BCUT2D eigenvalue weighted by Crippen LogP contribution is -2.17. The summed E-state index contributed by atoms with van der Waals surface area (Å²) in [5.41, 5.74) is 2.75. The van der Waals surface area contributed by atoms with E-state index in [9.17, 15) is 18.0 Å². The highest BCUT2D eigenvalue weighted by Crippen LogP contribution is 2.38. The van der Waals surface area contributed by atoms with Crippen molar-refractivity contribution in [3.63, 3.8) is 0 Å². The number of halogens is 3. The molecule has 0 amide bonds. The lowest BCUT2D eigenvalue weighted by molar-refractivity contribution is -0.138. The summed E-state index contributed by atoms with van der Waals surface area (Å²) in [6.45, 7) is 2.59. The molecular weight excluding hydrogens is 453 g/mol. The lowest BCUT2D eigenvalue weighted by Gasteiger charge is -2.14. The van der Waals surface area contributed by atoms with E-state index in [2.05, 4.69) is 10.5 Å². The smallest absolute Gasteiger partial charge is 0.417 e. The third kappa shape index (κ3) is 7.16. The number of aliphatic carboxylic acids is 1. The predicted octanol–water partition coefficient (Wildman–Crippen LogP) is 5.94. The zero-order valence-electron chi connectivity index (χ0n) is 17.9. The van der Waals surface area contributed by atoms with E-state index in [0.717, 1.165) is 17.2 Å². The molecule has 3 rings (SSSR count).